The largest absolute Gasteiger partial charge is 0.497 e. The van der Waals surface area contributed by atoms with Gasteiger partial charge >= 0.3 is 0 Å². The quantitative estimate of drug-likeness (QED) is 0.564. The van der Waals surface area contributed by atoms with Crippen LogP contribution in [0.2, 0.25) is 0 Å². The van der Waals surface area contributed by atoms with Gasteiger partial charge in [0.15, 0.2) is 0 Å². The molecule has 0 unspecified atom stereocenters. The van der Waals surface area contributed by atoms with Crippen molar-refractivity contribution in [3.05, 3.63) is 89.5 Å². The SMILES string of the molecule is COc1ccc(C(=O)Nc2ccccc2C(=O)N2CCN(CC(=O)N3CCc4ccccc43)CC2)cc1. The fourth-order valence-corrected chi connectivity index (χ4v) is 4.87. The van der Waals surface area contributed by atoms with Crippen LogP contribution in [-0.2, 0) is 11.2 Å². The van der Waals surface area contributed by atoms with Crippen molar-refractivity contribution in [1.82, 2.24) is 9.80 Å². The van der Waals surface area contributed by atoms with Crippen LogP contribution >= 0.6 is 0 Å². The van der Waals surface area contributed by atoms with Crippen LogP contribution in [0.1, 0.15) is 26.3 Å². The lowest BCUT2D eigenvalue weighted by atomic mass is 10.1. The zero-order valence-corrected chi connectivity index (χ0v) is 20.9. The van der Waals surface area contributed by atoms with E-state index in [-0.39, 0.29) is 17.7 Å². The van der Waals surface area contributed by atoms with Crippen molar-refractivity contribution in [2.24, 2.45) is 0 Å². The van der Waals surface area contributed by atoms with Gasteiger partial charge in [0.05, 0.1) is 24.9 Å². The molecule has 2 heterocycles. The Balaban J connectivity index is 1.18. The molecule has 3 aromatic rings. The molecule has 0 aromatic heterocycles. The Morgan fingerprint density at radius 3 is 2.30 bits per heavy atom. The summed E-state index contributed by atoms with van der Waals surface area (Å²) in [7, 11) is 1.57. The molecule has 37 heavy (non-hydrogen) atoms. The van der Waals surface area contributed by atoms with Crippen LogP contribution in [0.25, 0.3) is 0 Å². The molecule has 8 heteroatoms. The summed E-state index contributed by atoms with van der Waals surface area (Å²) in [6.07, 6.45) is 0.888. The zero-order chi connectivity index (χ0) is 25.8. The fraction of sp³-hybridized carbons (Fsp3) is 0.276. The molecular formula is C29H30N4O4. The number of rotatable bonds is 6. The maximum atomic E-state index is 13.4. The van der Waals surface area contributed by atoms with Crippen LogP contribution in [0.3, 0.4) is 0 Å². The molecule has 1 N–H and O–H groups in total. The Hall–Kier alpha value is -4.17. The number of nitrogens with one attached hydrogen (secondary N) is 1. The van der Waals surface area contributed by atoms with Crippen LogP contribution in [0.4, 0.5) is 11.4 Å². The maximum Gasteiger partial charge on any atom is 0.256 e. The Kier molecular flexibility index (Phi) is 7.18. The molecule has 3 aromatic carbocycles. The normalized spacial score (nSPS) is 15.3. The average molecular weight is 499 g/mol. The van der Waals surface area contributed by atoms with Gasteiger partial charge in [-0.2, -0.15) is 0 Å². The number of hydrogen-bond acceptors (Lipinski definition) is 5. The molecule has 0 spiro atoms. The number of methoxy groups -OCH3 is 1. The Morgan fingerprint density at radius 2 is 1.54 bits per heavy atom. The molecule has 8 nitrogen and oxygen atoms in total. The highest BCUT2D eigenvalue weighted by Crippen LogP contribution is 2.27. The van der Waals surface area contributed by atoms with Gasteiger partial charge in [-0.25, -0.2) is 0 Å². The number of carbonyl (C=O) groups is 3. The number of nitrogens with zero attached hydrogens (tertiary/aromatic N) is 3. The summed E-state index contributed by atoms with van der Waals surface area (Å²) in [5.41, 5.74) is 3.61. The summed E-state index contributed by atoms with van der Waals surface area (Å²) in [5.74, 6) is 0.328. The number of hydrogen-bond donors (Lipinski definition) is 1. The molecule has 3 amide bonds. The highest BCUT2D eigenvalue weighted by molar-refractivity contribution is 6.09. The number of benzene rings is 3. The highest BCUT2D eigenvalue weighted by atomic mass is 16.5. The number of ether oxygens (including phenoxy) is 1. The third kappa shape index (κ3) is 5.34. The number of para-hydroxylation sites is 2. The van der Waals surface area contributed by atoms with Crippen molar-refractivity contribution >= 4 is 29.1 Å². The van der Waals surface area contributed by atoms with Crippen molar-refractivity contribution in [1.29, 1.82) is 0 Å². The highest BCUT2D eigenvalue weighted by Gasteiger charge is 2.29. The Bertz CT molecular complexity index is 1300. The van der Waals surface area contributed by atoms with Crippen LogP contribution in [0, 0.1) is 0 Å². The van der Waals surface area contributed by atoms with Gasteiger partial charge in [0, 0.05) is 44.0 Å². The fourth-order valence-electron chi connectivity index (χ4n) is 4.87. The van der Waals surface area contributed by atoms with E-state index in [1.54, 1.807) is 60.5 Å². The third-order valence-corrected chi connectivity index (χ3v) is 6.96. The summed E-state index contributed by atoms with van der Waals surface area (Å²) >= 11 is 0. The van der Waals surface area contributed by atoms with E-state index in [0.29, 0.717) is 55.3 Å². The molecule has 0 atom stereocenters. The van der Waals surface area contributed by atoms with Gasteiger partial charge in [-0.1, -0.05) is 30.3 Å². The van der Waals surface area contributed by atoms with E-state index in [1.165, 1.54) is 5.56 Å². The smallest absolute Gasteiger partial charge is 0.256 e. The zero-order valence-electron chi connectivity index (χ0n) is 20.9. The van der Waals surface area contributed by atoms with Crippen molar-refractivity contribution < 1.29 is 19.1 Å². The molecule has 1 saturated heterocycles. The lowest BCUT2D eigenvalue weighted by Crippen LogP contribution is -2.51. The molecule has 0 saturated carbocycles. The van der Waals surface area contributed by atoms with Crippen LogP contribution < -0.4 is 15.0 Å². The van der Waals surface area contributed by atoms with Gasteiger partial charge in [-0.05, 0) is 54.4 Å². The first-order valence-electron chi connectivity index (χ1n) is 12.5. The predicted octanol–water partition coefficient (Wildman–Crippen LogP) is 3.29. The van der Waals surface area contributed by atoms with Gasteiger partial charge < -0.3 is 19.9 Å². The molecule has 1 fully saturated rings. The Labute approximate surface area is 216 Å². The molecular weight excluding hydrogens is 468 g/mol. The second-order valence-electron chi connectivity index (χ2n) is 9.22. The van der Waals surface area contributed by atoms with Gasteiger partial charge in [0.25, 0.3) is 11.8 Å². The number of carbonyl (C=O) groups excluding carboxylic acids is 3. The molecule has 0 radical (unpaired) electrons. The number of amides is 3. The molecule has 0 aliphatic carbocycles. The first-order chi connectivity index (χ1) is 18.0. The van der Waals surface area contributed by atoms with Crippen LogP contribution in [-0.4, -0.2) is 73.9 Å². The van der Waals surface area contributed by atoms with E-state index in [4.69, 9.17) is 4.74 Å². The molecule has 5 rings (SSSR count). The van der Waals surface area contributed by atoms with Gasteiger partial charge in [0.1, 0.15) is 5.75 Å². The van der Waals surface area contributed by atoms with E-state index >= 15 is 0 Å². The molecule has 2 aliphatic rings. The first kappa shape index (κ1) is 24.5. The van der Waals surface area contributed by atoms with Gasteiger partial charge in [-0.3, -0.25) is 19.3 Å². The number of piperazine rings is 1. The topological polar surface area (TPSA) is 82.2 Å². The number of anilines is 2. The maximum absolute atomic E-state index is 13.4. The number of fused-ring (bicyclic) bond motifs is 1. The standard InChI is InChI=1S/C29H30N4O4/c1-37-23-12-10-22(11-13-23)28(35)30-25-8-4-3-7-24(25)29(36)32-18-16-31(17-19-32)20-27(34)33-15-14-21-6-2-5-9-26(21)33/h2-13H,14-20H2,1H3,(H,30,35). The van der Waals surface area contributed by atoms with Crippen molar-refractivity contribution in [3.8, 4) is 5.75 Å². The van der Waals surface area contributed by atoms with Crippen molar-refractivity contribution in [3.63, 3.8) is 0 Å². The molecule has 2 aliphatic heterocycles. The lowest BCUT2D eigenvalue weighted by Gasteiger charge is -2.35. The lowest BCUT2D eigenvalue weighted by molar-refractivity contribution is -0.120. The van der Waals surface area contributed by atoms with Crippen molar-refractivity contribution in [2.45, 2.75) is 6.42 Å². The summed E-state index contributed by atoms with van der Waals surface area (Å²) < 4.78 is 5.15. The van der Waals surface area contributed by atoms with E-state index in [9.17, 15) is 14.4 Å². The predicted molar refractivity (Wildman–Crippen MR) is 142 cm³/mol. The van der Waals surface area contributed by atoms with Crippen LogP contribution in [0.5, 0.6) is 5.75 Å². The summed E-state index contributed by atoms with van der Waals surface area (Å²) in [6, 6.07) is 21.9. The average Bonchev–Trinajstić information content (AvgIpc) is 3.38. The minimum Gasteiger partial charge on any atom is -0.497 e. The second kappa shape index (κ2) is 10.8. The summed E-state index contributed by atoms with van der Waals surface area (Å²) in [4.78, 5) is 44.9. The van der Waals surface area contributed by atoms with Crippen LogP contribution in [0.15, 0.2) is 72.8 Å². The van der Waals surface area contributed by atoms with E-state index in [1.807, 2.05) is 23.1 Å². The summed E-state index contributed by atoms with van der Waals surface area (Å²) in [5, 5.41) is 2.87. The molecule has 190 valence electrons. The van der Waals surface area contributed by atoms with E-state index < -0.39 is 0 Å². The van der Waals surface area contributed by atoms with E-state index in [0.717, 1.165) is 18.7 Å². The minimum atomic E-state index is -0.297. The first-order valence-corrected chi connectivity index (χ1v) is 12.5. The second-order valence-corrected chi connectivity index (χ2v) is 9.22. The van der Waals surface area contributed by atoms with Crippen molar-refractivity contribution in [2.75, 3.05) is 56.6 Å². The third-order valence-electron chi connectivity index (χ3n) is 6.96. The monoisotopic (exact) mass is 498 g/mol. The Morgan fingerprint density at radius 1 is 0.838 bits per heavy atom. The van der Waals surface area contributed by atoms with E-state index in [2.05, 4.69) is 16.3 Å². The minimum absolute atomic E-state index is 0.0938. The van der Waals surface area contributed by atoms with Gasteiger partial charge in [-0.15, -0.1) is 0 Å². The summed E-state index contributed by atoms with van der Waals surface area (Å²) in [6.45, 7) is 3.33. The van der Waals surface area contributed by atoms with Gasteiger partial charge in [0.2, 0.25) is 5.91 Å². The molecule has 0 bridgehead atoms.